The molecule has 104 valence electrons. The summed E-state index contributed by atoms with van der Waals surface area (Å²) < 4.78 is 10.7. The van der Waals surface area contributed by atoms with Gasteiger partial charge in [-0.3, -0.25) is 0 Å². The van der Waals surface area contributed by atoms with Crippen LogP contribution in [0.4, 0.5) is 10.5 Å². The van der Waals surface area contributed by atoms with E-state index < -0.39 is 0 Å². The molecule has 2 amide bonds. The number of nitrogens with one attached hydrogen (secondary N) is 1. The molecule has 5 heteroatoms. The number of carbonyl (C=O) groups excluding carboxylic acids is 1. The van der Waals surface area contributed by atoms with Crippen molar-refractivity contribution in [1.82, 2.24) is 4.90 Å². The van der Waals surface area contributed by atoms with E-state index in [4.69, 9.17) is 9.47 Å². The van der Waals surface area contributed by atoms with E-state index in [1.54, 1.807) is 18.1 Å². The van der Waals surface area contributed by atoms with Crippen LogP contribution in [0.25, 0.3) is 0 Å². The number of anilines is 1. The van der Waals surface area contributed by atoms with Crippen molar-refractivity contribution >= 4 is 11.7 Å². The van der Waals surface area contributed by atoms with Gasteiger partial charge in [0.05, 0.1) is 19.3 Å². The second kappa shape index (κ2) is 5.93. The topological polar surface area (TPSA) is 50.8 Å². The van der Waals surface area contributed by atoms with Crippen molar-refractivity contribution in [3.63, 3.8) is 0 Å². The Morgan fingerprint density at radius 2 is 2.05 bits per heavy atom. The van der Waals surface area contributed by atoms with Gasteiger partial charge in [-0.1, -0.05) is 6.07 Å². The molecule has 1 aromatic carbocycles. The van der Waals surface area contributed by atoms with Gasteiger partial charge in [0.15, 0.2) is 0 Å². The minimum Gasteiger partial charge on any atom is -0.497 e. The lowest BCUT2D eigenvalue weighted by Crippen LogP contribution is -2.49. The molecule has 0 radical (unpaired) electrons. The molecule has 5 nitrogen and oxygen atoms in total. The second-order valence-electron chi connectivity index (χ2n) is 4.82. The monoisotopic (exact) mass is 264 g/mol. The van der Waals surface area contributed by atoms with Gasteiger partial charge in [0.25, 0.3) is 0 Å². The lowest BCUT2D eigenvalue weighted by molar-refractivity contribution is -0.0530. The smallest absolute Gasteiger partial charge is 0.322 e. The van der Waals surface area contributed by atoms with Crippen LogP contribution in [0.15, 0.2) is 24.3 Å². The Hall–Kier alpha value is -1.75. The van der Waals surface area contributed by atoms with Crippen LogP contribution in [-0.4, -0.2) is 43.3 Å². The maximum absolute atomic E-state index is 12.2. The van der Waals surface area contributed by atoms with Crippen molar-refractivity contribution in [1.29, 1.82) is 0 Å². The fraction of sp³-hybridized carbons (Fsp3) is 0.500. The van der Waals surface area contributed by atoms with Gasteiger partial charge in [-0.05, 0) is 26.0 Å². The maximum Gasteiger partial charge on any atom is 0.322 e. The Morgan fingerprint density at radius 1 is 1.37 bits per heavy atom. The number of hydrogen-bond donors (Lipinski definition) is 1. The van der Waals surface area contributed by atoms with Crippen LogP contribution in [-0.2, 0) is 4.74 Å². The van der Waals surface area contributed by atoms with Gasteiger partial charge in [0, 0.05) is 24.8 Å². The summed E-state index contributed by atoms with van der Waals surface area (Å²) in [5.74, 6) is 0.724. The van der Waals surface area contributed by atoms with Crippen LogP contribution in [0.5, 0.6) is 5.75 Å². The summed E-state index contributed by atoms with van der Waals surface area (Å²) in [6.45, 7) is 5.17. The molecule has 1 saturated heterocycles. The molecule has 2 rings (SSSR count). The second-order valence-corrected chi connectivity index (χ2v) is 4.82. The van der Waals surface area contributed by atoms with E-state index in [0.29, 0.717) is 13.1 Å². The first-order valence-electron chi connectivity index (χ1n) is 6.44. The number of methoxy groups -OCH3 is 1. The summed E-state index contributed by atoms with van der Waals surface area (Å²) in [6, 6.07) is 7.22. The molecule has 0 aromatic heterocycles. The van der Waals surface area contributed by atoms with Crippen LogP contribution in [0.1, 0.15) is 13.8 Å². The summed E-state index contributed by atoms with van der Waals surface area (Å²) in [5, 5.41) is 2.88. The highest BCUT2D eigenvalue weighted by molar-refractivity contribution is 5.89. The number of rotatable bonds is 2. The molecule has 0 saturated carbocycles. The van der Waals surface area contributed by atoms with Crippen LogP contribution < -0.4 is 10.1 Å². The molecule has 0 bridgehead atoms. The molecule has 0 aliphatic carbocycles. The van der Waals surface area contributed by atoms with E-state index in [1.807, 2.05) is 32.0 Å². The number of hydrogen-bond acceptors (Lipinski definition) is 3. The number of ether oxygens (including phenoxy) is 2. The zero-order valence-electron chi connectivity index (χ0n) is 11.6. The highest BCUT2D eigenvalue weighted by Crippen LogP contribution is 2.18. The summed E-state index contributed by atoms with van der Waals surface area (Å²) in [5.41, 5.74) is 0.733. The van der Waals surface area contributed by atoms with Crippen LogP contribution in [0.2, 0.25) is 0 Å². The lowest BCUT2D eigenvalue weighted by atomic mass is 10.2. The first-order chi connectivity index (χ1) is 9.08. The highest BCUT2D eigenvalue weighted by Gasteiger charge is 2.25. The number of amides is 2. The Bertz CT molecular complexity index is 440. The summed E-state index contributed by atoms with van der Waals surface area (Å²) in [6.07, 6.45) is 0.139. The fourth-order valence-corrected chi connectivity index (χ4v) is 2.25. The van der Waals surface area contributed by atoms with Gasteiger partial charge >= 0.3 is 6.03 Å². The molecular formula is C14H20N2O3. The highest BCUT2D eigenvalue weighted by atomic mass is 16.5. The zero-order valence-corrected chi connectivity index (χ0v) is 11.6. The van der Waals surface area contributed by atoms with Crippen molar-refractivity contribution in [3.8, 4) is 5.75 Å². The largest absolute Gasteiger partial charge is 0.497 e. The van der Waals surface area contributed by atoms with Crippen LogP contribution in [0, 0.1) is 0 Å². The lowest BCUT2D eigenvalue weighted by Gasteiger charge is -2.35. The number of morpholine rings is 1. The zero-order chi connectivity index (χ0) is 13.8. The van der Waals surface area contributed by atoms with Crippen molar-refractivity contribution in [3.05, 3.63) is 24.3 Å². The predicted molar refractivity (Wildman–Crippen MR) is 73.6 cm³/mol. The van der Waals surface area contributed by atoms with Crippen molar-refractivity contribution in [2.45, 2.75) is 26.1 Å². The Labute approximate surface area is 113 Å². The SMILES string of the molecule is COc1cccc(NC(=O)N2C[C@@H](C)O[C@H](C)C2)c1. The van der Waals surface area contributed by atoms with E-state index in [1.165, 1.54) is 0 Å². The van der Waals surface area contributed by atoms with E-state index >= 15 is 0 Å². The standard InChI is InChI=1S/C14H20N2O3/c1-10-8-16(9-11(2)19-10)14(17)15-12-5-4-6-13(7-12)18-3/h4-7,10-11H,8-9H2,1-3H3,(H,15,17)/t10-,11-/m1/s1. The van der Waals surface area contributed by atoms with E-state index in [2.05, 4.69) is 5.32 Å². The Kier molecular flexibility index (Phi) is 4.27. The van der Waals surface area contributed by atoms with Gasteiger partial charge in [0.1, 0.15) is 5.75 Å². The molecule has 19 heavy (non-hydrogen) atoms. The van der Waals surface area contributed by atoms with E-state index in [-0.39, 0.29) is 18.2 Å². The molecule has 1 aliphatic rings. The molecule has 1 N–H and O–H groups in total. The van der Waals surface area contributed by atoms with Crippen molar-refractivity contribution in [2.75, 3.05) is 25.5 Å². The first-order valence-corrected chi connectivity index (χ1v) is 6.44. The van der Waals surface area contributed by atoms with Gasteiger partial charge < -0.3 is 19.7 Å². The molecular weight excluding hydrogens is 244 g/mol. The molecule has 2 atom stereocenters. The predicted octanol–water partition coefficient (Wildman–Crippen LogP) is 2.34. The third-order valence-electron chi connectivity index (χ3n) is 3.03. The van der Waals surface area contributed by atoms with Crippen LogP contribution in [0.3, 0.4) is 0 Å². The summed E-state index contributed by atoms with van der Waals surface area (Å²) in [4.78, 5) is 14.0. The molecule has 1 fully saturated rings. The number of carbonyl (C=O) groups is 1. The number of urea groups is 1. The molecule has 0 unspecified atom stereocenters. The average Bonchev–Trinajstić information content (AvgIpc) is 2.37. The third-order valence-corrected chi connectivity index (χ3v) is 3.03. The number of nitrogens with zero attached hydrogens (tertiary/aromatic N) is 1. The molecule has 1 heterocycles. The van der Waals surface area contributed by atoms with Gasteiger partial charge in [-0.25, -0.2) is 4.79 Å². The average molecular weight is 264 g/mol. The van der Waals surface area contributed by atoms with Crippen LogP contribution >= 0.6 is 0 Å². The van der Waals surface area contributed by atoms with Gasteiger partial charge in [0.2, 0.25) is 0 Å². The Balaban J connectivity index is 2.00. The minimum absolute atomic E-state index is 0.0693. The third kappa shape index (κ3) is 3.61. The van der Waals surface area contributed by atoms with Gasteiger partial charge in [-0.15, -0.1) is 0 Å². The molecule has 0 spiro atoms. The quantitative estimate of drug-likeness (QED) is 0.892. The molecule has 1 aromatic rings. The summed E-state index contributed by atoms with van der Waals surface area (Å²) >= 11 is 0. The minimum atomic E-state index is -0.102. The normalized spacial score (nSPS) is 23.0. The number of benzene rings is 1. The first kappa shape index (κ1) is 13.7. The summed E-state index contributed by atoms with van der Waals surface area (Å²) in [7, 11) is 1.60. The fourth-order valence-electron chi connectivity index (χ4n) is 2.25. The molecule has 1 aliphatic heterocycles. The Morgan fingerprint density at radius 3 is 2.68 bits per heavy atom. The maximum atomic E-state index is 12.2. The van der Waals surface area contributed by atoms with Gasteiger partial charge in [-0.2, -0.15) is 0 Å². The van der Waals surface area contributed by atoms with Crippen molar-refractivity contribution in [2.24, 2.45) is 0 Å². The van der Waals surface area contributed by atoms with E-state index in [0.717, 1.165) is 11.4 Å². The van der Waals surface area contributed by atoms with Crippen molar-refractivity contribution < 1.29 is 14.3 Å². The van der Waals surface area contributed by atoms with E-state index in [9.17, 15) is 4.79 Å².